The van der Waals surface area contributed by atoms with Crippen LogP contribution in [0.25, 0.3) is 11.0 Å². The summed E-state index contributed by atoms with van der Waals surface area (Å²) in [4.78, 5) is 28.9. The number of fused-ring (bicyclic) bond motifs is 2. The third-order valence-electron chi connectivity index (χ3n) is 5.91. The fraction of sp³-hybridized carbons (Fsp3) is 0.154. The summed E-state index contributed by atoms with van der Waals surface area (Å²) in [5.74, 6) is 1.22. The second kappa shape index (κ2) is 8.43. The van der Waals surface area contributed by atoms with Gasteiger partial charge in [0.1, 0.15) is 11.3 Å². The largest absolute Gasteiger partial charge is 0.497 e. The van der Waals surface area contributed by atoms with E-state index in [-0.39, 0.29) is 16.8 Å². The lowest BCUT2D eigenvalue weighted by Gasteiger charge is -2.26. The maximum absolute atomic E-state index is 13.7. The summed E-state index contributed by atoms with van der Waals surface area (Å²) in [6.45, 7) is 0. The molecule has 1 amide bonds. The minimum atomic E-state index is -0.754. The fourth-order valence-corrected chi connectivity index (χ4v) is 4.46. The molecule has 1 unspecified atom stereocenters. The number of benzene rings is 3. The first-order valence-electron chi connectivity index (χ1n) is 10.4. The number of nitrogens with zero attached hydrogens (tertiary/aromatic N) is 1. The summed E-state index contributed by atoms with van der Waals surface area (Å²) in [6, 6.07) is 16.3. The number of amides is 1. The Morgan fingerprint density at radius 2 is 1.59 bits per heavy atom. The summed E-state index contributed by atoms with van der Waals surface area (Å²) in [7, 11) is 4.64. The van der Waals surface area contributed by atoms with E-state index < -0.39 is 11.9 Å². The van der Waals surface area contributed by atoms with Gasteiger partial charge in [-0.1, -0.05) is 17.7 Å². The number of carbonyl (C=O) groups is 1. The van der Waals surface area contributed by atoms with E-state index in [1.807, 2.05) is 0 Å². The van der Waals surface area contributed by atoms with Crippen molar-refractivity contribution < 1.29 is 23.4 Å². The number of anilines is 1. The van der Waals surface area contributed by atoms with Crippen molar-refractivity contribution in [2.75, 3.05) is 26.2 Å². The lowest BCUT2D eigenvalue weighted by atomic mass is 9.97. The molecule has 0 fully saturated rings. The Morgan fingerprint density at radius 1 is 0.853 bits per heavy atom. The van der Waals surface area contributed by atoms with Crippen molar-refractivity contribution in [3.05, 3.63) is 92.8 Å². The Morgan fingerprint density at radius 3 is 2.26 bits per heavy atom. The van der Waals surface area contributed by atoms with Crippen LogP contribution in [0, 0.1) is 0 Å². The zero-order chi connectivity index (χ0) is 24.0. The van der Waals surface area contributed by atoms with Crippen molar-refractivity contribution in [1.29, 1.82) is 0 Å². The highest BCUT2D eigenvalue weighted by Crippen LogP contribution is 2.43. The lowest BCUT2D eigenvalue weighted by molar-refractivity contribution is 0.0971. The monoisotopic (exact) mass is 477 g/mol. The molecule has 3 aromatic carbocycles. The first-order valence-corrected chi connectivity index (χ1v) is 10.8. The van der Waals surface area contributed by atoms with Crippen LogP contribution in [0.3, 0.4) is 0 Å². The molecule has 2 heterocycles. The number of halogens is 1. The number of ether oxygens (including phenoxy) is 3. The first-order chi connectivity index (χ1) is 16.5. The molecule has 172 valence electrons. The molecule has 0 radical (unpaired) electrons. The molecule has 0 spiro atoms. The van der Waals surface area contributed by atoms with Crippen molar-refractivity contribution in [1.82, 2.24) is 0 Å². The van der Waals surface area contributed by atoms with Crippen LogP contribution in [0.15, 0.2) is 69.9 Å². The molecule has 4 aromatic rings. The molecule has 1 aliphatic heterocycles. The van der Waals surface area contributed by atoms with Gasteiger partial charge in [-0.2, -0.15) is 0 Å². The van der Waals surface area contributed by atoms with Crippen LogP contribution < -0.4 is 24.5 Å². The quantitative estimate of drug-likeness (QED) is 0.392. The second-order valence-corrected chi connectivity index (χ2v) is 8.14. The number of hydrogen-bond acceptors (Lipinski definition) is 6. The van der Waals surface area contributed by atoms with E-state index in [2.05, 4.69) is 0 Å². The van der Waals surface area contributed by atoms with Crippen LogP contribution in [-0.4, -0.2) is 27.2 Å². The predicted molar refractivity (Wildman–Crippen MR) is 129 cm³/mol. The van der Waals surface area contributed by atoms with Crippen molar-refractivity contribution in [2.45, 2.75) is 6.04 Å². The Labute approximate surface area is 200 Å². The molecule has 0 aliphatic carbocycles. The van der Waals surface area contributed by atoms with Gasteiger partial charge in [0.05, 0.1) is 38.3 Å². The number of rotatable bonds is 5. The standard InChI is InChI=1S/C26H20ClNO6/c1-31-17-8-6-16(7-9-17)28-23(14-4-10-20(32-2)21(12-14)33-3)22-24(29)18-13-15(27)5-11-19(18)34-25(22)26(28)30/h4-13,23H,1-3H3. The normalized spacial score (nSPS) is 14.9. The third kappa shape index (κ3) is 3.36. The third-order valence-corrected chi connectivity index (χ3v) is 6.14. The maximum atomic E-state index is 13.7. The highest BCUT2D eigenvalue weighted by Gasteiger charge is 2.44. The van der Waals surface area contributed by atoms with Gasteiger partial charge in [-0.05, 0) is 60.2 Å². The molecular formula is C26H20ClNO6. The highest BCUT2D eigenvalue weighted by atomic mass is 35.5. The van der Waals surface area contributed by atoms with Gasteiger partial charge in [0.25, 0.3) is 5.91 Å². The van der Waals surface area contributed by atoms with Gasteiger partial charge in [0.15, 0.2) is 16.9 Å². The van der Waals surface area contributed by atoms with Crippen LogP contribution in [0.1, 0.15) is 27.7 Å². The minimum absolute atomic E-state index is 0.00424. The van der Waals surface area contributed by atoms with Crippen LogP contribution >= 0.6 is 11.6 Å². The SMILES string of the molecule is COc1ccc(N2C(=O)c3oc4ccc(Cl)cc4c(=O)c3C2c2ccc(OC)c(OC)c2)cc1. The fourth-order valence-electron chi connectivity index (χ4n) is 4.29. The Bertz CT molecular complexity index is 1480. The highest BCUT2D eigenvalue weighted by molar-refractivity contribution is 6.31. The Kier molecular flexibility index (Phi) is 5.42. The van der Waals surface area contributed by atoms with Crippen molar-refractivity contribution in [3.8, 4) is 17.2 Å². The second-order valence-electron chi connectivity index (χ2n) is 7.70. The summed E-state index contributed by atoms with van der Waals surface area (Å²) in [5, 5.41) is 0.708. The van der Waals surface area contributed by atoms with Crippen LogP contribution in [0.5, 0.6) is 17.2 Å². The van der Waals surface area contributed by atoms with Crippen LogP contribution in [-0.2, 0) is 0 Å². The first kappa shape index (κ1) is 21.9. The van der Waals surface area contributed by atoms with E-state index in [0.29, 0.717) is 44.5 Å². The zero-order valence-corrected chi connectivity index (χ0v) is 19.4. The molecule has 1 atom stereocenters. The molecule has 0 saturated heterocycles. The molecule has 34 heavy (non-hydrogen) atoms. The molecule has 1 aromatic heterocycles. The minimum Gasteiger partial charge on any atom is -0.497 e. The maximum Gasteiger partial charge on any atom is 0.295 e. The van der Waals surface area contributed by atoms with Gasteiger partial charge in [-0.15, -0.1) is 0 Å². The summed E-state index contributed by atoms with van der Waals surface area (Å²) >= 11 is 6.15. The molecule has 8 heteroatoms. The lowest BCUT2D eigenvalue weighted by Crippen LogP contribution is -2.29. The van der Waals surface area contributed by atoms with E-state index in [1.54, 1.807) is 74.9 Å². The van der Waals surface area contributed by atoms with E-state index in [4.69, 9.17) is 30.2 Å². The Balaban J connectivity index is 1.79. The van der Waals surface area contributed by atoms with Gasteiger partial charge >= 0.3 is 0 Å². The average Bonchev–Trinajstić information content (AvgIpc) is 3.16. The predicted octanol–water partition coefficient (Wildman–Crippen LogP) is 5.22. The zero-order valence-electron chi connectivity index (χ0n) is 18.6. The Hall–Kier alpha value is -3.97. The summed E-state index contributed by atoms with van der Waals surface area (Å²) in [6.07, 6.45) is 0. The number of carbonyl (C=O) groups excluding carboxylic acids is 1. The number of methoxy groups -OCH3 is 3. The van der Waals surface area contributed by atoms with Crippen LogP contribution in [0.2, 0.25) is 5.02 Å². The van der Waals surface area contributed by atoms with Gasteiger partial charge in [-0.25, -0.2) is 0 Å². The van der Waals surface area contributed by atoms with E-state index >= 15 is 0 Å². The van der Waals surface area contributed by atoms with Crippen molar-refractivity contribution in [2.24, 2.45) is 0 Å². The van der Waals surface area contributed by atoms with Crippen molar-refractivity contribution in [3.63, 3.8) is 0 Å². The van der Waals surface area contributed by atoms with E-state index in [9.17, 15) is 9.59 Å². The molecule has 1 aliphatic rings. The molecule has 0 bridgehead atoms. The molecule has 0 saturated carbocycles. The average molecular weight is 478 g/mol. The summed E-state index contributed by atoms with van der Waals surface area (Å²) in [5.41, 5.74) is 1.46. The van der Waals surface area contributed by atoms with E-state index in [0.717, 1.165) is 0 Å². The van der Waals surface area contributed by atoms with E-state index in [1.165, 1.54) is 12.0 Å². The van der Waals surface area contributed by atoms with Gasteiger partial charge in [0, 0.05) is 10.7 Å². The topological polar surface area (TPSA) is 78.2 Å². The molecule has 0 N–H and O–H groups in total. The van der Waals surface area contributed by atoms with Gasteiger partial charge < -0.3 is 18.6 Å². The molecular weight excluding hydrogens is 458 g/mol. The van der Waals surface area contributed by atoms with Gasteiger partial charge in [-0.3, -0.25) is 14.5 Å². The molecule has 5 rings (SSSR count). The number of hydrogen-bond donors (Lipinski definition) is 0. The van der Waals surface area contributed by atoms with Crippen molar-refractivity contribution >= 4 is 34.2 Å². The summed E-state index contributed by atoms with van der Waals surface area (Å²) < 4.78 is 22.1. The molecule has 7 nitrogen and oxygen atoms in total. The van der Waals surface area contributed by atoms with Crippen LogP contribution in [0.4, 0.5) is 5.69 Å². The smallest absolute Gasteiger partial charge is 0.295 e. The van der Waals surface area contributed by atoms with Gasteiger partial charge in [0.2, 0.25) is 5.76 Å².